The van der Waals surface area contributed by atoms with Gasteiger partial charge >= 0.3 is 0 Å². The van der Waals surface area contributed by atoms with Crippen LogP contribution in [0.1, 0.15) is 71.1 Å². The predicted octanol–water partition coefficient (Wildman–Crippen LogP) is 6.23. The number of thioether (sulfide) groups is 1. The van der Waals surface area contributed by atoms with Crippen molar-refractivity contribution >= 4 is 16.9 Å². The van der Waals surface area contributed by atoms with Crippen molar-refractivity contribution in [1.29, 1.82) is 0 Å². The van der Waals surface area contributed by atoms with Crippen LogP contribution in [0.25, 0.3) is 0 Å². The molecule has 0 saturated heterocycles. The van der Waals surface area contributed by atoms with Crippen LogP contribution in [0.15, 0.2) is 35.2 Å². The normalized spacial score (nSPS) is 10.7. The Labute approximate surface area is 128 Å². The topological polar surface area (TPSA) is 17.1 Å². The second-order valence-electron chi connectivity index (χ2n) is 5.37. The Bertz CT molecular complexity index is 348. The maximum absolute atomic E-state index is 11.8. The molecule has 0 spiro atoms. The van der Waals surface area contributed by atoms with E-state index in [1.54, 1.807) is 0 Å². The van der Waals surface area contributed by atoms with Crippen molar-refractivity contribution in [2.75, 3.05) is 0 Å². The zero-order valence-corrected chi connectivity index (χ0v) is 13.6. The van der Waals surface area contributed by atoms with Crippen molar-refractivity contribution in [3.05, 3.63) is 30.3 Å². The van der Waals surface area contributed by atoms with E-state index < -0.39 is 0 Å². The average Bonchev–Trinajstić information content (AvgIpc) is 2.46. The summed E-state index contributed by atoms with van der Waals surface area (Å²) in [6, 6.07) is 9.94. The SMILES string of the molecule is CCCCCCCCCCCC(=O)Sc1ccccc1. The molecule has 0 aromatic heterocycles. The molecule has 2 heteroatoms. The molecule has 0 atom stereocenters. The van der Waals surface area contributed by atoms with Gasteiger partial charge in [-0.25, -0.2) is 0 Å². The maximum atomic E-state index is 11.8. The zero-order chi connectivity index (χ0) is 14.5. The van der Waals surface area contributed by atoms with Crippen LogP contribution in [0.5, 0.6) is 0 Å². The first-order chi connectivity index (χ1) is 9.83. The highest BCUT2D eigenvalue weighted by Gasteiger charge is 2.03. The lowest BCUT2D eigenvalue weighted by molar-refractivity contribution is -0.111. The molecule has 0 aliphatic rings. The number of hydrogen-bond donors (Lipinski definition) is 0. The Morgan fingerprint density at radius 1 is 0.850 bits per heavy atom. The summed E-state index contributed by atoms with van der Waals surface area (Å²) in [5, 5.41) is 0.305. The molecule has 0 heterocycles. The summed E-state index contributed by atoms with van der Waals surface area (Å²) in [6.45, 7) is 2.25. The van der Waals surface area contributed by atoms with Gasteiger partial charge in [0.15, 0.2) is 5.12 Å². The molecule has 0 aliphatic heterocycles. The van der Waals surface area contributed by atoms with Crippen LogP contribution >= 0.6 is 11.8 Å². The molecule has 0 unspecified atom stereocenters. The third-order valence-corrected chi connectivity index (χ3v) is 4.40. The van der Waals surface area contributed by atoms with Gasteiger partial charge in [-0.1, -0.05) is 88.3 Å². The van der Waals surface area contributed by atoms with Crippen LogP contribution in [-0.4, -0.2) is 5.12 Å². The second-order valence-corrected chi connectivity index (χ2v) is 6.50. The lowest BCUT2D eigenvalue weighted by atomic mass is 10.1. The number of benzene rings is 1. The summed E-state index contributed by atoms with van der Waals surface area (Å²) in [5.41, 5.74) is 0. The third-order valence-electron chi connectivity index (χ3n) is 3.46. The van der Waals surface area contributed by atoms with Gasteiger partial charge in [0.05, 0.1) is 0 Å². The lowest BCUT2D eigenvalue weighted by Crippen LogP contribution is -1.91. The van der Waals surface area contributed by atoms with Gasteiger partial charge in [-0.2, -0.15) is 0 Å². The standard InChI is InChI=1S/C18H28OS/c1-2-3-4-5-6-7-8-9-13-16-18(19)20-17-14-11-10-12-15-17/h10-12,14-15H,2-9,13,16H2,1H3. The zero-order valence-electron chi connectivity index (χ0n) is 12.8. The van der Waals surface area contributed by atoms with Crippen LogP contribution < -0.4 is 0 Å². The van der Waals surface area contributed by atoms with Crippen LogP contribution in [0.2, 0.25) is 0 Å². The van der Waals surface area contributed by atoms with Crippen molar-refractivity contribution in [3.8, 4) is 0 Å². The number of carbonyl (C=O) groups excluding carboxylic acids is 1. The minimum atomic E-state index is 0.305. The van der Waals surface area contributed by atoms with Crippen LogP contribution in [0.3, 0.4) is 0 Å². The summed E-state index contributed by atoms with van der Waals surface area (Å²) >= 11 is 1.38. The van der Waals surface area contributed by atoms with Gasteiger partial charge in [0.25, 0.3) is 0 Å². The molecule has 0 radical (unpaired) electrons. The Balaban J connectivity index is 1.92. The fourth-order valence-electron chi connectivity index (χ4n) is 2.25. The number of hydrogen-bond acceptors (Lipinski definition) is 2. The van der Waals surface area contributed by atoms with Crippen LogP contribution in [-0.2, 0) is 4.79 Å². The quantitative estimate of drug-likeness (QED) is 0.355. The van der Waals surface area contributed by atoms with Crippen molar-refractivity contribution in [3.63, 3.8) is 0 Å². The Morgan fingerprint density at radius 3 is 2.00 bits per heavy atom. The van der Waals surface area contributed by atoms with E-state index in [1.807, 2.05) is 30.3 Å². The van der Waals surface area contributed by atoms with Crippen LogP contribution in [0.4, 0.5) is 0 Å². The van der Waals surface area contributed by atoms with E-state index in [1.165, 1.54) is 63.1 Å². The number of unbranched alkanes of at least 4 members (excludes halogenated alkanes) is 8. The Hall–Kier alpha value is -0.760. The third kappa shape index (κ3) is 9.19. The van der Waals surface area contributed by atoms with Crippen molar-refractivity contribution < 1.29 is 4.79 Å². The summed E-state index contributed by atoms with van der Waals surface area (Å²) in [4.78, 5) is 12.8. The first kappa shape index (κ1) is 17.3. The van der Waals surface area contributed by atoms with Gasteiger partial charge in [-0.05, 0) is 18.6 Å². The second kappa shape index (κ2) is 12.0. The molecule has 20 heavy (non-hydrogen) atoms. The molecule has 0 aliphatic carbocycles. The number of rotatable bonds is 11. The van der Waals surface area contributed by atoms with Gasteiger partial charge in [-0.3, -0.25) is 4.79 Å². The van der Waals surface area contributed by atoms with E-state index in [2.05, 4.69) is 6.92 Å². The van der Waals surface area contributed by atoms with E-state index in [-0.39, 0.29) is 0 Å². The molecule has 1 rings (SSSR count). The Morgan fingerprint density at radius 2 is 1.40 bits per heavy atom. The van der Waals surface area contributed by atoms with Crippen molar-refractivity contribution in [2.45, 2.75) is 76.0 Å². The summed E-state index contributed by atoms with van der Waals surface area (Å²) < 4.78 is 0. The summed E-state index contributed by atoms with van der Waals surface area (Å²) in [6.07, 6.45) is 12.4. The lowest BCUT2D eigenvalue weighted by Gasteiger charge is -2.02. The number of carbonyl (C=O) groups is 1. The molecule has 0 bridgehead atoms. The molecule has 0 amide bonds. The maximum Gasteiger partial charge on any atom is 0.193 e. The minimum Gasteiger partial charge on any atom is -0.287 e. The molecule has 0 fully saturated rings. The molecule has 0 saturated carbocycles. The smallest absolute Gasteiger partial charge is 0.193 e. The first-order valence-corrected chi connectivity index (χ1v) is 8.90. The molecule has 1 aromatic rings. The predicted molar refractivity (Wildman–Crippen MR) is 89.2 cm³/mol. The molecule has 112 valence electrons. The van der Waals surface area contributed by atoms with E-state index in [4.69, 9.17) is 0 Å². The largest absolute Gasteiger partial charge is 0.287 e. The van der Waals surface area contributed by atoms with Gasteiger partial charge < -0.3 is 0 Å². The first-order valence-electron chi connectivity index (χ1n) is 8.08. The van der Waals surface area contributed by atoms with E-state index in [0.29, 0.717) is 5.12 Å². The molecular formula is C18H28OS. The van der Waals surface area contributed by atoms with Gasteiger partial charge in [0, 0.05) is 11.3 Å². The molecule has 1 nitrogen and oxygen atoms in total. The fraction of sp³-hybridized carbons (Fsp3) is 0.611. The van der Waals surface area contributed by atoms with E-state index >= 15 is 0 Å². The molecule has 0 N–H and O–H groups in total. The monoisotopic (exact) mass is 292 g/mol. The Kier molecular flexibility index (Phi) is 10.4. The van der Waals surface area contributed by atoms with E-state index in [9.17, 15) is 4.79 Å². The molecular weight excluding hydrogens is 264 g/mol. The van der Waals surface area contributed by atoms with Crippen LogP contribution in [0, 0.1) is 0 Å². The highest BCUT2D eigenvalue weighted by atomic mass is 32.2. The average molecular weight is 292 g/mol. The highest BCUT2D eigenvalue weighted by Crippen LogP contribution is 2.21. The fourth-order valence-corrected chi connectivity index (χ4v) is 3.05. The summed E-state index contributed by atoms with van der Waals surface area (Å²) in [5.74, 6) is 0. The summed E-state index contributed by atoms with van der Waals surface area (Å²) in [7, 11) is 0. The minimum absolute atomic E-state index is 0.305. The van der Waals surface area contributed by atoms with Crippen molar-refractivity contribution in [1.82, 2.24) is 0 Å². The van der Waals surface area contributed by atoms with E-state index in [0.717, 1.165) is 17.7 Å². The molecule has 1 aromatic carbocycles. The van der Waals surface area contributed by atoms with Gasteiger partial charge in [0.1, 0.15) is 0 Å². The van der Waals surface area contributed by atoms with Gasteiger partial charge in [0.2, 0.25) is 0 Å². The van der Waals surface area contributed by atoms with Gasteiger partial charge in [-0.15, -0.1) is 0 Å². The van der Waals surface area contributed by atoms with Crippen molar-refractivity contribution in [2.24, 2.45) is 0 Å². The highest BCUT2D eigenvalue weighted by molar-refractivity contribution is 8.13.